The van der Waals surface area contributed by atoms with Gasteiger partial charge in [-0.3, -0.25) is 0 Å². The molecule has 1 aromatic heterocycles. The molecule has 1 saturated heterocycles. The van der Waals surface area contributed by atoms with Crippen LogP contribution < -0.4 is 10.2 Å². The maximum Gasteiger partial charge on any atom is 0.163 e. The molecule has 5 heteroatoms. The highest BCUT2D eigenvalue weighted by Crippen LogP contribution is 2.34. The van der Waals surface area contributed by atoms with E-state index < -0.39 is 11.6 Å². The lowest BCUT2D eigenvalue weighted by atomic mass is 10.1. The van der Waals surface area contributed by atoms with E-state index in [0.717, 1.165) is 12.6 Å². The van der Waals surface area contributed by atoms with Crippen LogP contribution >= 0.6 is 0 Å². The van der Waals surface area contributed by atoms with E-state index >= 15 is 0 Å². The molecule has 0 saturated carbocycles. The van der Waals surface area contributed by atoms with Gasteiger partial charge in [0.2, 0.25) is 0 Å². The Bertz CT molecular complexity index is 611. The minimum Gasteiger partial charge on any atom is -0.462 e. The van der Waals surface area contributed by atoms with Gasteiger partial charge in [0.1, 0.15) is 11.5 Å². The van der Waals surface area contributed by atoms with Crippen LogP contribution in [0.4, 0.5) is 14.5 Å². The van der Waals surface area contributed by atoms with Gasteiger partial charge in [-0.05, 0) is 19.9 Å². The second-order valence-corrected chi connectivity index (χ2v) is 5.16. The van der Waals surface area contributed by atoms with E-state index in [9.17, 15) is 8.78 Å². The first-order chi connectivity index (χ1) is 9.08. The summed E-state index contributed by atoms with van der Waals surface area (Å²) in [5, 5.41) is 3.66. The Balaban J connectivity index is 2.16. The van der Waals surface area contributed by atoms with E-state index in [1.807, 2.05) is 18.7 Å². The summed E-state index contributed by atoms with van der Waals surface area (Å²) in [7, 11) is 0. The molecule has 1 N–H and O–H groups in total. The molecule has 0 radical (unpaired) electrons. The molecule has 1 aromatic carbocycles. The predicted octanol–water partition coefficient (Wildman–Crippen LogP) is 2.90. The molecule has 1 aliphatic rings. The lowest BCUT2D eigenvalue weighted by Gasteiger charge is -2.39. The molecule has 0 bridgehead atoms. The van der Waals surface area contributed by atoms with Gasteiger partial charge < -0.3 is 14.6 Å². The molecule has 1 fully saturated rings. The van der Waals surface area contributed by atoms with E-state index in [1.165, 1.54) is 12.3 Å². The fraction of sp³-hybridized carbons (Fsp3) is 0.429. The largest absolute Gasteiger partial charge is 0.462 e. The molecule has 1 aliphatic heterocycles. The van der Waals surface area contributed by atoms with Crippen LogP contribution in [0.1, 0.15) is 13.8 Å². The summed E-state index contributed by atoms with van der Waals surface area (Å²) in [6.07, 6.45) is 1.40. The van der Waals surface area contributed by atoms with Gasteiger partial charge in [-0.25, -0.2) is 8.78 Å². The van der Waals surface area contributed by atoms with Crippen molar-refractivity contribution in [2.24, 2.45) is 0 Å². The highest BCUT2D eigenvalue weighted by atomic mass is 19.1. The van der Waals surface area contributed by atoms with Crippen molar-refractivity contribution in [3.8, 4) is 0 Å². The van der Waals surface area contributed by atoms with Gasteiger partial charge in [0.15, 0.2) is 11.4 Å². The van der Waals surface area contributed by atoms with E-state index in [2.05, 4.69) is 5.32 Å². The molecule has 0 amide bonds. The third-order valence-corrected chi connectivity index (χ3v) is 3.67. The molecule has 0 spiro atoms. The summed E-state index contributed by atoms with van der Waals surface area (Å²) >= 11 is 0. The number of nitrogens with one attached hydrogen (secondary N) is 1. The Morgan fingerprint density at radius 3 is 2.89 bits per heavy atom. The van der Waals surface area contributed by atoms with Crippen molar-refractivity contribution in [1.29, 1.82) is 0 Å². The average Bonchev–Trinajstić information content (AvgIpc) is 2.83. The zero-order valence-electron chi connectivity index (χ0n) is 10.9. The van der Waals surface area contributed by atoms with E-state index in [1.54, 1.807) is 0 Å². The van der Waals surface area contributed by atoms with Crippen LogP contribution in [0.2, 0.25) is 0 Å². The highest BCUT2D eigenvalue weighted by molar-refractivity contribution is 5.90. The van der Waals surface area contributed by atoms with Crippen LogP contribution in [0.15, 0.2) is 22.8 Å². The fourth-order valence-electron chi connectivity index (χ4n) is 2.65. The number of fused-ring (bicyclic) bond motifs is 1. The Morgan fingerprint density at radius 2 is 2.11 bits per heavy atom. The SMILES string of the molecule is C[C@@H]1CN(c2c(F)cc(F)c3ccoc23)[C@@H](C)CN1. The average molecular weight is 266 g/mol. The molecule has 0 unspecified atom stereocenters. The quantitative estimate of drug-likeness (QED) is 0.860. The van der Waals surface area contributed by atoms with Crippen LogP contribution in [0, 0.1) is 11.6 Å². The molecule has 102 valence electrons. The van der Waals surface area contributed by atoms with Crippen LogP contribution in [-0.4, -0.2) is 25.2 Å². The molecular weight excluding hydrogens is 250 g/mol. The van der Waals surface area contributed by atoms with E-state index in [0.29, 0.717) is 23.2 Å². The summed E-state index contributed by atoms with van der Waals surface area (Å²) in [6.45, 7) is 5.48. The molecule has 19 heavy (non-hydrogen) atoms. The molecule has 2 heterocycles. The summed E-state index contributed by atoms with van der Waals surface area (Å²) in [5.41, 5.74) is 0.653. The Kier molecular flexibility index (Phi) is 2.93. The van der Waals surface area contributed by atoms with Crippen molar-refractivity contribution in [2.45, 2.75) is 25.9 Å². The normalized spacial score (nSPS) is 24.1. The zero-order valence-corrected chi connectivity index (χ0v) is 10.9. The number of furan rings is 1. The van der Waals surface area contributed by atoms with Crippen LogP contribution in [0.25, 0.3) is 11.0 Å². The molecule has 2 aromatic rings. The highest BCUT2D eigenvalue weighted by Gasteiger charge is 2.28. The van der Waals surface area contributed by atoms with Gasteiger partial charge in [0.05, 0.1) is 11.6 Å². The Hall–Kier alpha value is -1.62. The predicted molar refractivity (Wildman–Crippen MR) is 70.4 cm³/mol. The first-order valence-corrected chi connectivity index (χ1v) is 6.43. The monoisotopic (exact) mass is 266 g/mol. The Labute approximate surface area is 110 Å². The Morgan fingerprint density at radius 1 is 1.32 bits per heavy atom. The lowest BCUT2D eigenvalue weighted by Crippen LogP contribution is -2.54. The number of piperazine rings is 1. The number of benzene rings is 1. The lowest BCUT2D eigenvalue weighted by molar-refractivity contribution is 0.419. The van der Waals surface area contributed by atoms with Gasteiger partial charge in [0, 0.05) is 31.2 Å². The third-order valence-electron chi connectivity index (χ3n) is 3.67. The maximum atomic E-state index is 14.2. The van der Waals surface area contributed by atoms with Gasteiger partial charge >= 0.3 is 0 Å². The van der Waals surface area contributed by atoms with Crippen molar-refractivity contribution in [3.63, 3.8) is 0 Å². The molecular formula is C14H16F2N2O. The minimum absolute atomic E-state index is 0.129. The van der Waals surface area contributed by atoms with Gasteiger partial charge in [-0.1, -0.05) is 0 Å². The van der Waals surface area contributed by atoms with Gasteiger partial charge in [-0.15, -0.1) is 0 Å². The van der Waals surface area contributed by atoms with Crippen molar-refractivity contribution in [2.75, 3.05) is 18.0 Å². The summed E-state index contributed by atoms with van der Waals surface area (Å²) < 4.78 is 33.2. The first-order valence-electron chi connectivity index (χ1n) is 6.43. The number of halogens is 2. The number of rotatable bonds is 1. The van der Waals surface area contributed by atoms with Crippen LogP contribution in [0.5, 0.6) is 0 Å². The minimum atomic E-state index is -0.583. The second kappa shape index (κ2) is 4.49. The standard InChI is InChI=1S/C14H16F2N2O/c1-8-7-18(9(2)6-17-8)13-12(16)5-11(15)10-3-4-19-14(10)13/h3-5,8-9,17H,6-7H2,1-2H3/t8-,9+/m1/s1. The van der Waals surface area contributed by atoms with Crippen molar-refractivity contribution >= 4 is 16.7 Å². The first kappa shape index (κ1) is 12.4. The van der Waals surface area contributed by atoms with Gasteiger partial charge in [-0.2, -0.15) is 0 Å². The topological polar surface area (TPSA) is 28.4 Å². The second-order valence-electron chi connectivity index (χ2n) is 5.16. The number of anilines is 1. The number of hydrogen-bond donors (Lipinski definition) is 1. The molecule has 3 rings (SSSR count). The number of hydrogen-bond acceptors (Lipinski definition) is 3. The third kappa shape index (κ3) is 1.98. The molecule has 0 aliphatic carbocycles. The summed E-state index contributed by atoms with van der Waals surface area (Å²) in [4.78, 5) is 1.95. The van der Waals surface area contributed by atoms with Crippen LogP contribution in [-0.2, 0) is 0 Å². The maximum absolute atomic E-state index is 14.2. The van der Waals surface area contributed by atoms with Crippen molar-refractivity contribution < 1.29 is 13.2 Å². The summed E-state index contributed by atoms with van der Waals surface area (Å²) in [5.74, 6) is -1.15. The van der Waals surface area contributed by atoms with Crippen molar-refractivity contribution in [3.05, 3.63) is 30.0 Å². The zero-order chi connectivity index (χ0) is 13.6. The fourth-order valence-corrected chi connectivity index (χ4v) is 2.65. The van der Waals surface area contributed by atoms with Crippen molar-refractivity contribution in [1.82, 2.24) is 5.32 Å². The number of nitrogens with zero attached hydrogens (tertiary/aromatic N) is 1. The van der Waals surface area contributed by atoms with E-state index in [4.69, 9.17) is 4.42 Å². The summed E-state index contributed by atoms with van der Waals surface area (Å²) in [6, 6.07) is 2.85. The molecule has 3 nitrogen and oxygen atoms in total. The smallest absolute Gasteiger partial charge is 0.163 e. The van der Waals surface area contributed by atoms with E-state index in [-0.39, 0.29) is 12.1 Å². The van der Waals surface area contributed by atoms with Crippen LogP contribution in [0.3, 0.4) is 0 Å². The van der Waals surface area contributed by atoms with Gasteiger partial charge in [0.25, 0.3) is 0 Å². The molecule has 2 atom stereocenters.